The Labute approximate surface area is 184 Å². The van der Waals surface area contributed by atoms with Crippen molar-refractivity contribution in [3.63, 3.8) is 0 Å². The third-order valence-corrected chi connectivity index (χ3v) is 5.94. The summed E-state index contributed by atoms with van der Waals surface area (Å²) >= 11 is 1.49. The van der Waals surface area contributed by atoms with Gasteiger partial charge >= 0.3 is 0 Å². The zero-order chi connectivity index (χ0) is 21.8. The van der Waals surface area contributed by atoms with Crippen LogP contribution in [0, 0.1) is 13.8 Å². The van der Waals surface area contributed by atoms with Gasteiger partial charge in [0.25, 0.3) is 5.91 Å². The van der Waals surface area contributed by atoms with Crippen LogP contribution >= 0.6 is 11.3 Å². The minimum Gasteiger partial charge on any atom is -0.486 e. The van der Waals surface area contributed by atoms with E-state index < -0.39 is 0 Å². The summed E-state index contributed by atoms with van der Waals surface area (Å²) in [4.78, 5) is 33.1. The highest BCUT2D eigenvalue weighted by Gasteiger charge is 2.27. The van der Waals surface area contributed by atoms with Crippen LogP contribution < -0.4 is 4.74 Å². The van der Waals surface area contributed by atoms with E-state index >= 15 is 0 Å². The number of hydrogen-bond acceptors (Lipinski definition) is 7. The fraction of sp³-hybridized carbons (Fsp3) is 0.364. The summed E-state index contributed by atoms with van der Waals surface area (Å²) in [5, 5.41) is 6.49. The maximum absolute atomic E-state index is 12.7. The Morgan fingerprint density at radius 1 is 1.10 bits per heavy atom. The number of ether oxygens (including phenoxy) is 1. The summed E-state index contributed by atoms with van der Waals surface area (Å²) in [5.74, 6) is 0.857. The Hall–Kier alpha value is -3.20. The maximum atomic E-state index is 12.7. The molecule has 162 valence electrons. The summed E-state index contributed by atoms with van der Waals surface area (Å²) in [6.07, 6.45) is 0.246. The van der Waals surface area contributed by atoms with Gasteiger partial charge in [-0.3, -0.25) is 9.59 Å². The van der Waals surface area contributed by atoms with Crippen molar-refractivity contribution in [3.05, 3.63) is 63.4 Å². The number of nitrogens with zero attached hydrogens (tertiary/aromatic N) is 4. The van der Waals surface area contributed by atoms with E-state index in [9.17, 15) is 9.59 Å². The first-order valence-corrected chi connectivity index (χ1v) is 11.0. The second kappa shape index (κ2) is 9.30. The van der Waals surface area contributed by atoms with E-state index in [4.69, 9.17) is 9.26 Å². The van der Waals surface area contributed by atoms with Gasteiger partial charge in [-0.15, -0.1) is 11.3 Å². The fourth-order valence-corrected chi connectivity index (χ4v) is 4.03. The van der Waals surface area contributed by atoms with Gasteiger partial charge in [0.1, 0.15) is 17.4 Å². The summed E-state index contributed by atoms with van der Waals surface area (Å²) in [7, 11) is 0. The molecule has 31 heavy (non-hydrogen) atoms. The van der Waals surface area contributed by atoms with Gasteiger partial charge in [0.2, 0.25) is 11.7 Å². The number of thiazole rings is 1. The molecule has 0 unspecified atom stereocenters. The van der Waals surface area contributed by atoms with Gasteiger partial charge in [-0.05, 0) is 26.0 Å². The van der Waals surface area contributed by atoms with E-state index in [0.717, 1.165) is 16.5 Å². The van der Waals surface area contributed by atoms with Crippen LogP contribution in [-0.4, -0.2) is 57.9 Å². The number of rotatable bonds is 6. The van der Waals surface area contributed by atoms with Crippen LogP contribution in [0.25, 0.3) is 0 Å². The first-order chi connectivity index (χ1) is 15.0. The van der Waals surface area contributed by atoms with Crippen LogP contribution in [0.1, 0.15) is 32.5 Å². The zero-order valence-corrected chi connectivity index (χ0v) is 18.4. The van der Waals surface area contributed by atoms with Crippen molar-refractivity contribution in [1.82, 2.24) is 19.9 Å². The van der Waals surface area contributed by atoms with E-state index in [1.54, 1.807) is 22.8 Å². The second-order valence-corrected chi connectivity index (χ2v) is 8.46. The highest BCUT2D eigenvalue weighted by molar-refractivity contribution is 7.09. The van der Waals surface area contributed by atoms with Crippen LogP contribution in [0.15, 0.2) is 40.2 Å². The second-order valence-electron chi connectivity index (χ2n) is 7.52. The molecule has 0 N–H and O–H groups in total. The monoisotopic (exact) mass is 440 g/mol. The minimum absolute atomic E-state index is 0.0129. The molecule has 3 aromatic rings. The largest absolute Gasteiger partial charge is 0.486 e. The van der Waals surface area contributed by atoms with Gasteiger partial charge in [0.05, 0.1) is 17.8 Å². The summed E-state index contributed by atoms with van der Waals surface area (Å²) in [6, 6.07) is 9.49. The number of benzene rings is 1. The predicted octanol–water partition coefficient (Wildman–Crippen LogP) is 2.85. The zero-order valence-electron chi connectivity index (χ0n) is 17.5. The molecule has 4 rings (SSSR count). The van der Waals surface area contributed by atoms with Gasteiger partial charge in [-0.25, -0.2) is 4.98 Å². The van der Waals surface area contributed by atoms with E-state index in [1.165, 1.54) is 16.9 Å². The van der Waals surface area contributed by atoms with E-state index in [-0.39, 0.29) is 24.0 Å². The van der Waals surface area contributed by atoms with E-state index in [1.807, 2.05) is 36.6 Å². The smallest absolute Gasteiger partial charge is 0.292 e. The van der Waals surface area contributed by atoms with Crippen molar-refractivity contribution in [2.45, 2.75) is 26.9 Å². The molecule has 9 heteroatoms. The highest BCUT2D eigenvalue weighted by atomic mass is 32.1. The molecule has 3 heterocycles. The Bertz CT molecular complexity index is 1050. The molecule has 1 aromatic carbocycles. The lowest BCUT2D eigenvalue weighted by atomic mass is 10.2. The average molecular weight is 441 g/mol. The lowest BCUT2D eigenvalue weighted by Gasteiger charge is -2.34. The number of aryl methyl sites for hydroxylation is 2. The predicted molar refractivity (Wildman–Crippen MR) is 115 cm³/mol. The van der Waals surface area contributed by atoms with Gasteiger partial charge in [-0.1, -0.05) is 22.9 Å². The Balaban J connectivity index is 1.24. The van der Waals surface area contributed by atoms with Crippen LogP contribution in [-0.2, 0) is 17.8 Å². The van der Waals surface area contributed by atoms with Gasteiger partial charge in [0.15, 0.2) is 0 Å². The molecule has 0 spiro atoms. The Morgan fingerprint density at radius 3 is 2.48 bits per heavy atom. The van der Waals surface area contributed by atoms with Gasteiger partial charge in [0, 0.05) is 37.6 Å². The molecule has 1 fully saturated rings. The summed E-state index contributed by atoms with van der Waals surface area (Å²) in [5.41, 5.74) is 2.60. The van der Waals surface area contributed by atoms with E-state index in [0.29, 0.717) is 38.5 Å². The van der Waals surface area contributed by atoms with Crippen molar-refractivity contribution in [2.24, 2.45) is 0 Å². The van der Waals surface area contributed by atoms with E-state index in [2.05, 4.69) is 10.1 Å². The summed E-state index contributed by atoms with van der Waals surface area (Å²) < 4.78 is 10.8. The Kier molecular flexibility index (Phi) is 6.31. The molecular formula is C22H24N4O4S. The van der Waals surface area contributed by atoms with Crippen LogP contribution in [0.5, 0.6) is 5.75 Å². The first kappa shape index (κ1) is 21.0. The lowest BCUT2D eigenvalue weighted by molar-refractivity contribution is -0.132. The van der Waals surface area contributed by atoms with Crippen LogP contribution in [0.4, 0.5) is 0 Å². The van der Waals surface area contributed by atoms with Crippen molar-refractivity contribution in [1.29, 1.82) is 0 Å². The average Bonchev–Trinajstić information content (AvgIpc) is 3.42. The molecule has 0 atom stereocenters. The highest BCUT2D eigenvalue weighted by Crippen LogP contribution is 2.17. The lowest BCUT2D eigenvalue weighted by Crippen LogP contribution is -2.51. The van der Waals surface area contributed by atoms with Crippen molar-refractivity contribution >= 4 is 23.2 Å². The van der Waals surface area contributed by atoms with Crippen LogP contribution in [0.3, 0.4) is 0 Å². The molecule has 8 nitrogen and oxygen atoms in total. The molecular weight excluding hydrogens is 416 g/mol. The van der Waals surface area contributed by atoms with Crippen molar-refractivity contribution in [3.8, 4) is 5.75 Å². The van der Waals surface area contributed by atoms with Crippen LogP contribution in [0.2, 0.25) is 0 Å². The molecule has 0 bridgehead atoms. The van der Waals surface area contributed by atoms with Gasteiger partial charge in [-0.2, -0.15) is 0 Å². The number of carbonyl (C=O) groups is 2. The fourth-order valence-electron chi connectivity index (χ4n) is 3.32. The number of amides is 2. The quantitative estimate of drug-likeness (QED) is 0.586. The number of aromatic nitrogens is 2. The summed E-state index contributed by atoms with van der Waals surface area (Å²) in [6.45, 7) is 6.10. The number of hydrogen-bond donors (Lipinski definition) is 0. The Morgan fingerprint density at radius 2 is 1.81 bits per heavy atom. The third kappa shape index (κ3) is 5.29. The molecule has 1 aliphatic heterocycles. The first-order valence-electron chi connectivity index (χ1n) is 10.1. The molecule has 1 saturated heterocycles. The minimum atomic E-state index is -0.189. The number of piperazine rings is 1. The van der Waals surface area contributed by atoms with Crippen molar-refractivity contribution < 1.29 is 18.8 Å². The molecule has 1 aliphatic rings. The molecule has 0 aliphatic carbocycles. The maximum Gasteiger partial charge on any atom is 0.292 e. The van der Waals surface area contributed by atoms with Crippen molar-refractivity contribution in [2.75, 3.05) is 26.2 Å². The topological polar surface area (TPSA) is 88.8 Å². The molecule has 0 radical (unpaired) electrons. The number of carbonyl (C=O) groups excluding carboxylic acids is 2. The van der Waals surface area contributed by atoms with Gasteiger partial charge < -0.3 is 19.1 Å². The third-order valence-electron chi connectivity index (χ3n) is 5.07. The molecule has 2 amide bonds. The standard InChI is InChI=1S/C22H24N4O4S/c1-15-3-5-18(6-4-15)29-13-20-23-17(14-31-20)12-21(27)25-7-9-26(10-8-25)22(28)19-11-16(2)24-30-19/h3-6,11,14H,7-10,12-13H2,1-2H3. The SMILES string of the molecule is Cc1ccc(OCc2nc(CC(=O)N3CCN(C(=O)c4cc(C)no4)CC3)cs2)cc1. The molecule has 2 aromatic heterocycles. The molecule has 0 saturated carbocycles. The normalized spacial score (nSPS) is 14.0.